The Morgan fingerprint density at radius 1 is 1.33 bits per heavy atom. The third kappa shape index (κ3) is 2.74. The predicted octanol–water partition coefficient (Wildman–Crippen LogP) is 3.66. The molecule has 0 aliphatic heterocycles. The predicted molar refractivity (Wildman–Crippen MR) is 74.3 cm³/mol. The van der Waals surface area contributed by atoms with Crippen LogP contribution in [0.2, 0.25) is 5.02 Å². The minimum absolute atomic E-state index is 0.467. The molecule has 0 unspecified atom stereocenters. The van der Waals surface area contributed by atoms with E-state index in [0.29, 0.717) is 17.4 Å². The van der Waals surface area contributed by atoms with Gasteiger partial charge >= 0.3 is 0 Å². The second-order valence-electron chi connectivity index (χ2n) is 3.95. The molecule has 94 valence electrons. The van der Waals surface area contributed by atoms with E-state index in [9.17, 15) is 0 Å². The average molecular weight is 263 g/mol. The Morgan fingerprint density at radius 3 is 2.89 bits per heavy atom. The van der Waals surface area contributed by atoms with Gasteiger partial charge in [0.15, 0.2) is 5.75 Å². The molecule has 3 nitrogen and oxygen atoms in total. The summed E-state index contributed by atoms with van der Waals surface area (Å²) in [5.74, 6) is 0.601. The molecule has 0 fully saturated rings. The van der Waals surface area contributed by atoms with Crippen molar-refractivity contribution in [3.63, 3.8) is 0 Å². The van der Waals surface area contributed by atoms with Gasteiger partial charge in [0.25, 0.3) is 0 Å². The van der Waals surface area contributed by atoms with Crippen molar-refractivity contribution in [1.29, 1.82) is 0 Å². The highest BCUT2D eigenvalue weighted by Crippen LogP contribution is 2.25. The third-order valence-electron chi connectivity index (χ3n) is 2.79. The van der Waals surface area contributed by atoms with Gasteiger partial charge in [-0.05, 0) is 24.6 Å². The molecular weight excluding hydrogens is 248 g/mol. The zero-order chi connectivity index (χ0) is 13.0. The normalized spacial score (nSPS) is 10.2. The average Bonchev–Trinajstić information content (AvgIpc) is 2.39. The number of hydrogen-bond acceptors (Lipinski definition) is 3. The number of halogens is 1. The molecule has 0 radical (unpaired) electrons. The summed E-state index contributed by atoms with van der Waals surface area (Å²) in [4.78, 5) is 4.00. The second kappa shape index (κ2) is 5.74. The first-order chi connectivity index (χ1) is 8.72. The second-order valence-corrected chi connectivity index (χ2v) is 4.35. The van der Waals surface area contributed by atoms with Crippen molar-refractivity contribution >= 4 is 17.3 Å². The maximum Gasteiger partial charge on any atom is 0.156 e. The first kappa shape index (κ1) is 12.7. The Labute approximate surface area is 112 Å². The summed E-state index contributed by atoms with van der Waals surface area (Å²) < 4.78 is 5.71. The molecule has 0 aliphatic rings. The summed E-state index contributed by atoms with van der Waals surface area (Å²) in [6.45, 7) is 2.53. The number of aryl methyl sites for hydroxylation is 1. The van der Waals surface area contributed by atoms with Crippen molar-refractivity contribution in [1.82, 2.24) is 4.98 Å². The number of rotatable bonds is 4. The Bertz CT molecular complexity index is 543. The van der Waals surface area contributed by atoms with Gasteiger partial charge in [-0.2, -0.15) is 0 Å². The molecule has 2 rings (SSSR count). The number of nitrogens with zero attached hydrogens (tertiary/aromatic N) is 1. The zero-order valence-electron chi connectivity index (χ0n) is 10.4. The number of aromatic nitrogens is 1. The number of anilines is 1. The monoisotopic (exact) mass is 262 g/mol. The van der Waals surface area contributed by atoms with Crippen LogP contribution in [-0.4, -0.2) is 12.0 Å². The van der Waals surface area contributed by atoms with Crippen molar-refractivity contribution < 1.29 is 4.74 Å². The van der Waals surface area contributed by atoms with E-state index in [-0.39, 0.29) is 0 Å². The van der Waals surface area contributed by atoms with Crippen LogP contribution in [0.25, 0.3) is 0 Å². The van der Waals surface area contributed by atoms with Gasteiger partial charge in [-0.3, -0.25) is 4.98 Å². The highest BCUT2D eigenvalue weighted by molar-refractivity contribution is 6.31. The Morgan fingerprint density at radius 2 is 2.17 bits per heavy atom. The van der Waals surface area contributed by atoms with E-state index in [2.05, 4.69) is 23.3 Å². The maximum absolute atomic E-state index is 6.02. The van der Waals surface area contributed by atoms with Crippen molar-refractivity contribution in [2.45, 2.75) is 13.5 Å². The molecule has 1 aromatic carbocycles. The summed E-state index contributed by atoms with van der Waals surface area (Å²) in [7, 11) is 1.90. The first-order valence-corrected chi connectivity index (χ1v) is 6.08. The first-order valence-electron chi connectivity index (χ1n) is 5.71. The highest BCUT2D eigenvalue weighted by Gasteiger charge is 2.07. The molecule has 4 heteroatoms. The largest absolute Gasteiger partial charge is 0.486 e. The lowest BCUT2D eigenvalue weighted by Gasteiger charge is -2.13. The van der Waals surface area contributed by atoms with E-state index >= 15 is 0 Å². The zero-order valence-corrected chi connectivity index (χ0v) is 11.2. The molecule has 0 amide bonds. The van der Waals surface area contributed by atoms with Crippen molar-refractivity contribution in [2.24, 2.45) is 0 Å². The lowest BCUT2D eigenvalue weighted by molar-refractivity contribution is 0.305. The molecule has 0 saturated carbocycles. The quantitative estimate of drug-likeness (QED) is 0.913. The molecule has 0 aliphatic carbocycles. The van der Waals surface area contributed by atoms with Crippen LogP contribution in [0, 0.1) is 6.92 Å². The third-order valence-corrected chi connectivity index (χ3v) is 3.10. The standard InChI is InChI=1S/C14H15ClN2O/c1-10-4-3-5-13(16-2)11(10)9-18-14-8-17-7-6-12(14)15/h3-8,16H,9H2,1-2H3. The number of benzene rings is 1. The summed E-state index contributed by atoms with van der Waals surface area (Å²) in [6, 6.07) is 7.82. The molecule has 0 atom stereocenters. The smallest absolute Gasteiger partial charge is 0.156 e. The summed E-state index contributed by atoms with van der Waals surface area (Å²) in [6.07, 6.45) is 3.27. The number of ether oxygens (including phenoxy) is 1. The van der Waals surface area contributed by atoms with Crippen molar-refractivity contribution in [3.8, 4) is 5.75 Å². The minimum atomic E-state index is 0.467. The van der Waals surface area contributed by atoms with Gasteiger partial charge in [0, 0.05) is 24.5 Å². The van der Waals surface area contributed by atoms with Gasteiger partial charge in [-0.25, -0.2) is 0 Å². The number of hydrogen-bond donors (Lipinski definition) is 1. The molecule has 18 heavy (non-hydrogen) atoms. The van der Waals surface area contributed by atoms with E-state index in [4.69, 9.17) is 16.3 Å². The maximum atomic E-state index is 6.02. The van der Waals surface area contributed by atoms with Gasteiger partial charge in [0.2, 0.25) is 0 Å². The van der Waals surface area contributed by atoms with E-state index in [0.717, 1.165) is 11.3 Å². The van der Waals surface area contributed by atoms with Gasteiger partial charge in [-0.15, -0.1) is 0 Å². The molecule has 0 saturated heterocycles. The van der Waals surface area contributed by atoms with Gasteiger partial charge in [0.1, 0.15) is 6.61 Å². The fourth-order valence-electron chi connectivity index (χ4n) is 1.75. The van der Waals surface area contributed by atoms with Crippen LogP contribution in [0.15, 0.2) is 36.7 Å². The van der Waals surface area contributed by atoms with Crippen LogP contribution in [0.3, 0.4) is 0 Å². The van der Waals surface area contributed by atoms with Crippen molar-refractivity contribution in [2.75, 3.05) is 12.4 Å². The summed E-state index contributed by atoms with van der Waals surface area (Å²) >= 11 is 6.02. The van der Waals surface area contributed by atoms with Crippen LogP contribution in [0.5, 0.6) is 5.75 Å². The molecular formula is C14H15ClN2O. The van der Waals surface area contributed by atoms with E-state index in [1.807, 2.05) is 19.2 Å². The Kier molecular flexibility index (Phi) is 4.05. The van der Waals surface area contributed by atoms with Gasteiger partial charge < -0.3 is 10.1 Å². The molecule has 0 bridgehead atoms. The fraction of sp³-hybridized carbons (Fsp3) is 0.214. The van der Waals surface area contributed by atoms with E-state index < -0.39 is 0 Å². The van der Waals surface area contributed by atoms with Crippen LogP contribution < -0.4 is 10.1 Å². The Hall–Kier alpha value is -1.74. The lowest BCUT2D eigenvalue weighted by atomic mass is 10.1. The molecule has 2 aromatic rings. The lowest BCUT2D eigenvalue weighted by Crippen LogP contribution is -2.03. The van der Waals surface area contributed by atoms with Gasteiger partial charge in [-0.1, -0.05) is 23.7 Å². The van der Waals surface area contributed by atoms with Crippen LogP contribution in [-0.2, 0) is 6.61 Å². The SMILES string of the molecule is CNc1cccc(C)c1COc1cnccc1Cl. The number of pyridine rings is 1. The Balaban J connectivity index is 2.18. The molecule has 1 N–H and O–H groups in total. The fourth-order valence-corrected chi connectivity index (χ4v) is 1.91. The minimum Gasteiger partial charge on any atom is -0.486 e. The van der Waals surface area contributed by atoms with E-state index in [1.54, 1.807) is 18.5 Å². The van der Waals surface area contributed by atoms with Crippen LogP contribution >= 0.6 is 11.6 Å². The van der Waals surface area contributed by atoms with Crippen molar-refractivity contribution in [3.05, 3.63) is 52.8 Å². The molecule has 1 heterocycles. The van der Waals surface area contributed by atoms with Gasteiger partial charge in [0.05, 0.1) is 11.2 Å². The molecule has 1 aromatic heterocycles. The van der Waals surface area contributed by atoms with Crippen LogP contribution in [0.4, 0.5) is 5.69 Å². The summed E-state index contributed by atoms with van der Waals surface area (Å²) in [5.41, 5.74) is 3.37. The number of nitrogens with one attached hydrogen (secondary N) is 1. The van der Waals surface area contributed by atoms with Crippen LogP contribution in [0.1, 0.15) is 11.1 Å². The van der Waals surface area contributed by atoms with E-state index in [1.165, 1.54) is 5.56 Å². The topological polar surface area (TPSA) is 34.1 Å². The summed E-state index contributed by atoms with van der Waals surface area (Å²) in [5, 5.41) is 3.73. The highest BCUT2D eigenvalue weighted by atomic mass is 35.5. The molecule has 0 spiro atoms.